The van der Waals surface area contributed by atoms with Crippen LogP contribution in [0.5, 0.6) is 5.75 Å². The number of nitrogens with two attached hydrogens (primary N) is 1. The van der Waals surface area contributed by atoms with Crippen molar-refractivity contribution in [3.05, 3.63) is 24.3 Å². The molecule has 1 saturated carbocycles. The third-order valence-corrected chi connectivity index (χ3v) is 3.35. The van der Waals surface area contributed by atoms with Crippen molar-refractivity contribution >= 4 is 5.69 Å². The van der Waals surface area contributed by atoms with Crippen LogP contribution >= 0.6 is 0 Å². The summed E-state index contributed by atoms with van der Waals surface area (Å²) in [5.41, 5.74) is 6.95. The van der Waals surface area contributed by atoms with Gasteiger partial charge in [0, 0.05) is 18.3 Å². The van der Waals surface area contributed by atoms with E-state index in [0.717, 1.165) is 31.0 Å². The summed E-state index contributed by atoms with van der Waals surface area (Å²) >= 11 is 0. The van der Waals surface area contributed by atoms with Gasteiger partial charge in [-0.15, -0.1) is 0 Å². The molecule has 0 heterocycles. The van der Waals surface area contributed by atoms with Crippen LogP contribution in [0.2, 0.25) is 0 Å². The van der Waals surface area contributed by atoms with E-state index in [1.807, 2.05) is 12.1 Å². The number of nitrogens with one attached hydrogen (secondary N) is 1. The van der Waals surface area contributed by atoms with Crippen LogP contribution in [0.15, 0.2) is 24.3 Å². The lowest BCUT2D eigenvalue weighted by Crippen LogP contribution is -2.29. The molecule has 1 fully saturated rings. The summed E-state index contributed by atoms with van der Waals surface area (Å²) in [6.07, 6.45) is 4.77. The number of hydrogen-bond donors (Lipinski definition) is 3. The molecular formula is C13H20N2O. The summed E-state index contributed by atoms with van der Waals surface area (Å²) in [5.74, 6) is 1.06. The Hall–Kier alpha value is -1.22. The highest BCUT2D eigenvalue weighted by atomic mass is 16.3. The average molecular weight is 220 g/mol. The quantitative estimate of drug-likeness (QED) is 0.685. The van der Waals surface area contributed by atoms with Crippen molar-refractivity contribution in [3.8, 4) is 5.75 Å². The van der Waals surface area contributed by atoms with Crippen molar-refractivity contribution in [3.63, 3.8) is 0 Å². The van der Waals surface area contributed by atoms with Crippen LogP contribution in [-0.4, -0.2) is 17.7 Å². The van der Waals surface area contributed by atoms with Gasteiger partial charge in [0.05, 0.1) is 0 Å². The third-order valence-electron chi connectivity index (χ3n) is 3.35. The van der Waals surface area contributed by atoms with Gasteiger partial charge in [-0.25, -0.2) is 0 Å². The fourth-order valence-electron chi connectivity index (χ4n) is 2.23. The van der Waals surface area contributed by atoms with Crippen molar-refractivity contribution in [2.45, 2.75) is 31.7 Å². The molecule has 0 aromatic heterocycles. The van der Waals surface area contributed by atoms with Crippen molar-refractivity contribution in [2.24, 2.45) is 11.7 Å². The van der Waals surface area contributed by atoms with Crippen LogP contribution in [0.1, 0.15) is 25.7 Å². The van der Waals surface area contributed by atoms with Gasteiger partial charge in [0.25, 0.3) is 0 Å². The first-order valence-electron chi connectivity index (χ1n) is 6.02. The maximum absolute atomic E-state index is 9.16. The summed E-state index contributed by atoms with van der Waals surface area (Å²) in [6.45, 7) is 1.01. The molecule has 16 heavy (non-hydrogen) atoms. The fraction of sp³-hybridized carbons (Fsp3) is 0.538. The Kier molecular flexibility index (Phi) is 3.67. The van der Waals surface area contributed by atoms with Gasteiger partial charge in [-0.1, -0.05) is 0 Å². The van der Waals surface area contributed by atoms with Crippen LogP contribution in [0.25, 0.3) is 0 Å². The monoisotopic (exact) mass is 220 g/mol. The normalized spacial score (nSPS) is 25.3. The largest absolute Gasteiger partial charge is 0.508 e. The molecule has 3 heteroatoms. The van der Waals surface area contributed by atoms with Gasteiger partial charge in [0.15, 0.2) is 0 Å². The summed E-state index contributed by atoms with van der Waals surface area (Å²) in [4.78, 5) is 0. The second kappa shape index (κ2) is 5.21. The predicted octanol–water partition coefficient (Wildman–Crippen LogP) is 2.32. The number of anilines is 1. The molecule has 1 aromatic carbocycles. The zero-order chi connectivity index (χ0) is 11.4. The molecule has 0 atom stereocenters. The standard InChI is InChI=1S/C13H20N2O/c14-11-3-1-10(2-4-11)9-15-12-5-7-13(16)8-6-12/h5-8,10-11,15-16H,1-4,9,14H2. The first-order chi connectivity index (χ1) is 7.74. The summed E-state index contributed by atoms with van der Waals surface area (Å²) < 4.78 is 0. The highest BCUT2D eigenvalue weighted by molar-refractivity contribution is 5.45. The number of phenolic OH excluding ortho intramolecular Hbond substituents is 1. The Morgan fingerprint density at radius 2 is 1.75 bits per heavy atom. The lowest BCUT2D eigenvalue weighted by Gasteiger charge is -2.26. The maximum atomic E-state index is 9.16. The molecule has 0 saturated heterocycles. The zero-order valence-corrected chi connectivity index (χ0v) is 9.52. The lowest BCUT2D eigenvalue weighted by molar-refractivity contribution is 0.339. The molecule has 0 amide bonds. The molecular weight excluding hydrogens is 200 g/mol. The van der Waals surface area contributed by atoms with E-state index in [-0.39, 0.29) is 0 Å². The number of hydrogen-bond acceptors (Lipinski definition) is 3. The SMILES string of the molecule is NC1CCC(CNc2ccc(O)cc2)CC1. The van der Waals surface area contributed by atoms with Crippen LogP contribution in [-0.2, 0) is 0 Å². The molecule has 0 radical (unpaired) electrons. The minimum atomic E-state index is 0.314. The van der Waals surface area contributed by atoms with E-state index in [2.05, 4.69) is 5.32 Å². The molecule has 1 aliphatic carbocycles. The summed E-state index contributed by atoms with van der Waals surface area (Å²) in [5, 5.41) is 12.6. The second-order valence-corrected chi connectivity index (χ2v) is 4.71. The van der Waals surface area contributed by atoms with Gasteiger partial charge in [-0.05, 0) is 55.9 Å². The van der Waals surface area contributed by atoms with E-state index in [9.17, 15) is 0 Å². The van der Waals surface area contributed by atoms with Crippen molar-refractivity contribution in [1.29, 1.82) is 0 Å². The number of aromatic hydroxyl groups is 1. The maximum Gasteiger partial charge on any atom is 0.115 e. The molecule has 2 rings (SSSR count). The van der Waals surface area contributed by atoms with E-state index in [1.54, 1.807) is 12.1 Å². The Labute approximate surface area is 96.7 Å². The Balaban J connectivity index is 1.77. The summed E-state index contributed by atoms with van der Waals surface area (Å²) in [6, 6.07) is 7.65. The molecule has 1 aromatic rings. The number of benzene rings is 1. The van der Waals surface area contributed by atoms with Gasteiger partial charge in [-0.2, -0.15) is 0 Å². The van der Waals surface area contributed by atoms with Gasteiger partial charge < -0.3 is 16.2 Å². The smallest absolute Gasteiger partial charge is 0.115 e. The highest BCUT2D eigenvalue weighted by Crippen LogP contribution is 2.23. The van der Waals surface area contributed by atoms with Crippen molar-refractivity contribution in [1.82, 2.24) is 0 Å². The first-order valence-corrected chi connectivity index (χ1v) is 6.02. The Morgan fingerprint density at radius 3 is 2.38 bits per heavy atom. The molecule has 0 bridgehead atoms. The second-order valence-electron chi connectivity index (χ2n) is 4.71. The molecule has 0 aliphatic heterocycles. The van der Waals surface area contributed by atoms with E-state index < -0.39 is 0 Å². The first kappa shape index (κ1) is 11.3. The third kappa shape index (κ3) is 3.14. The van der Waals surface area contributed by atoms with Gasteiger partial charge in [0.1, 0.15) is 5.75 Å². The van der Waals surface area contributed by atoms with Crippen molar-refractivity contribution in [2.75, 3.05) is 11.9 Å². The van der Waals surface area contributed by atoms with Crippen LogP contribution in [0.4, 0.5) is 5.69 Å². The van der Waals surface area contributed by atoms with E-state index >= 15 is 0 Å². The van der Waals surface area contributed by atoms with Crippen LogP contribution in [0.3, 0.4) is 0 Å². The highest BCUT2D eigenvalue weighted by Gasteiger charge is 2.17. The minimum Gasteiger partial charge on any atom is -0.508 e. The Bertz CT molecular complexity index is 315. The molecule has 0 unspecified atom stereocenters. The van der Waals surface area contributed by atoms with E-state index in [1.165, 1.54) is 12.8 Å². The predicted molar refractivity (Wildman–Crippen MR) is 66.5 cm³/mol. The summed E-state index contributed by atoms with van der Waals surface area (Å²) in [7, 11) is 0. The zero-order valence-electron chi connectivity index (χ0n) is 9.52. The van der Waals surface area contributed by atoms with Gasteiger partial charge >= 0.3 is 0 Å². The van der Waals surface area contributed by atoms with Crippen LogP contribution in [0, 0.1) is 5.92 Å². The van der Waals surface area contributed by atoms with Gasteiger partial charge in [0.2, 0.25) is 0 Å². The molecule has 0 spiro atoms. The molecule has 3 nitrogen and oxygen atoms in total. The Morgan fingerprint density at radius 1 is 1.12 bits per heavy atom. The van der Waals surface area contributed by atoms with Crippen LogP contribution < -0.4 is 11.1 Å². The average Bonchev–Trinajstić information content (AvgIpc) is 2.30. The molecule has 1 aliphatic rings. The van der Waals surface area contributed by atoms with E-state index in [0.29, 0.717) is 11.8 Å². The topological polar surface area (TPSA) is 58.3 Å². The minimum absolute atomic E-state index is 0.314. The van der Waals surface area contributed by atoms with Gasteiger partial charge in [-0.3, -0.25) is 0 Å². The number of phenols is 1. The van der Waals surface area contributed by atoms with E-state index in [4.69, 9.17) is 10.8 Å². The number of rotatable bonds is 3. The van der Waals surface area contributed by atoms with Crippen molar-refractivity contribution < 1.29 is 5.11 Å². The molecule has 4 N–H and O–H groups in total. The fourth-order valence-corrected chi connectivity index (χ4v) is 2.23. The molecule has 88 valence electrons. The lowest BCUT2D eigenvalue weighted by atomic mass is 9.86.